The third-order valence-electron chi connectivity index (χ3n) is 3.45. The van der Waals surface area contributed by atoms with Crippen molar-refractivity contribution in [1.29, 1.82) is 0 Å². The fourth-order valence-corrected chi connectivity index (χ4v) is 4.57. The predicted octanol–water partition coefficient (Wildman–Crippen LogP) is 3.44. The predicted molar refractivity (Wildman–Crippen MR) is 93.4 cm³/mol. The molecule has 2 aromatic rings. The van der Waals surface area contributed by atoms with E-state index in [4.69, 9.17) is 19.6 Å². The Morgan fingerprint density at radius 1 is 0.792 bits per heavy atom. The largest absolute Gasteiger partial charge is 0.341 e. The molecule has 0 saturated carbocycles. The van der Waals surface area contributed by atoms with Crippen molar-refractivity contribution in [3.63, 3.8) is 0 Å². The van der Waals surface area contributed by atoms with Gasteiger partial charge in [-0.15, -0.1) is 0 Å². The summed E-state index contributed by atoms with van der Waals surface area (Å²) in [5.74, 6) is 0. The Balaban J connectivity index is 2.10. The van der Waals surface area contributed by atoms with Gasteiger partial charge >= 0.3 is 15.2 Å². The van der Waals surface area contributed by atoms with Crippen LogP contribution < -0.4 is 0 Å². The van der Waals surface area contributed by atoms with Crippen molar-refractivity contribution in [3.8, 4) is 11.1 Å². The number of allylic oxidation sites excluding steroid dienone is 1. The van der Waals surface area contributed by atoms with Crippen LogP contribution in [0.5, 0.6) is 0 Å². The van der Waals surface area contributed by atoms with Crippen molar-refractivity contribution in [2.75, 3.05) is 0 Å². The molecule has 0 unspecified atom stereocenters. The van der Waals surface area contributed by atoms with Crippen molar-refractivity contribution in [3.05, 3.63) is 66.2 Å². The van der Waals surface area contributed by atoms with E-state index in [9.17, 15) is 9.13 Å². The highest BCUT2D eigenvalue weighted by molar-refractivity contribution is 7.70. The van der Waals surface area contributed by atoms with Gasteiger partial charge < -0.3 is 19.6 Å². The molecular formula is C16H18O6P2. The highest BCUT2D eigenvalue weighted by atomic mass is 31.2. The van der Waals surface area contributed by atoms with Gasteiger partial charge in [0.1, 0.15) is 0 Å². The lowest BCUT2D eigenvalue weighted by Crippen LogP contribution is -2.07. The Morgan fingerprint density at radius 3 is 1.79 bits per heavy atom. The molecule has 4 N–H and O–H groups in total. The van der Waals surface area contributed by atoms with Gasteiger partial charge in [-0.25, -0.2) is 0 Å². The maximum absolute atomic E-state index is 11.2. The molecule has 0 fully saturated rings. The van der Waals surface area contributed by atoms with E-state index in [1.165, 1.54) is 6.08 Å². The fraction of sp³-hybridized carbons (Fsp3) is 0.125. The van der Waals surface area contributed by atoms with Gasteiger partial charge in [-0.05, 0) is 23.1 Å². The average molecular weight is 368 g/mol. The second-order valence-electron chi connectivity index (χ2n) is 5.28. The minimum atomic E-state index is -4.88. The van der Waals surface area contributed by atoms with E-state index in [2.05, 4.69) is 0 Å². The van der Waals surface area contributed by atoms with Crippen LogP contribution in [-0.4, -0.2) is 25.0 Å². The summed E-state index contributed by atoms with van der Waals surface area (Å²) in [6.45, 7) is 0. The molecule has 0 amide bonds. The van der Waals surface area contributed by atoms with Crippen LogP contribution in [0.1, 0.15) is 12.0 Å². The number of benzene rings is 2. The van der Waals surface area contributed by atoms with Crippen molar-refractivity contribution < 1.29 is 28.7 Å². The van der Waals surface area contributed by atoms with Gasteiger partial charge in [-0.3, -0.25) is 9.13 Å². The van der Waals surface area contributed by atoms with Crippen LogP contribution in [0.25, 0.3) is 17.2 Å². The molecule has 128 valence electrons. The third-order valence-corrected chi connectivity index (χ3v) is 7.23. The van der Waals surface area contributed by atoms with Gasteiger partial charge in [0.25, 0.3) is 0 Å². The lowest BCUT2D eigenvalue weighted by atomic mass is 10.0. The summed E-state index contributed by atoms with van der Waals surface area (Å²) in [7, 11) is -9.76. The molecule has 0 radical (unpaired) electrons. The molecule has 2 rings (SSSR count). The highest BCUT2D eigenvalue weighted by Gasteiger charge is 2.42. The molecule has 0 atom stereocenters. The normalized spacial score (nSPS) is 12.9. The van der Waals surface area contributed by atoms with Gasteiger partial charge in [-0.1, -0.05) is 66.7 Å². The van der Waals surface area contributed by atoms with Crippen molar-refractivity contribution in [1.82, 2.24) is 0 Å². The van der Waals surface area contributed by atoms with Gasteiger partial charge in [0, 0.05) is 0 Å². The molecular weight excluding hydrogens is 350 g/mol. The highest BCUT2D eigenvalue weighted by Crippen LogP contribution is 2.61. The third kappa shape index (κ3) is 5.25. The molecule has 0 bridgehead atoms. The standard InChI is InChI=1S/C16H18O6P2/c17-23(18,19)16(24(20,21)22)8-4-5-13-9-11-15(12-10-13)14-6-2-1-3-7-14/h1-7,9-12,16H,8H2,(H2,17,18,19)(H2,20,21,22). The first-order valence-electron chi connectivity index (χ1n) is 7.10. The van der Waals surface area contributed by atoms with Crippen molar-refractivity contribution >= 4 is 21.3 Å². The summed E-state index contributed by atoms with van der Waals surface area (Å²) in [4.78, 5) is 36.2. The summed E-state index contributed by atoms with van der Waals surface area (Å²) < 4.78 is 22.4. The van der Waals surface area contributed by atoms with Crippen LogP contribution in [-0.2, 0) is 9.13 Å². The van der Waals surface area contributed by atoms with Gasteiger partial charge in [0.05, 0.1) is 0 Å². The van der Waals surface area contributed by atoms with E-state index < -0.39 is 27.0 Å². The zero-order valence-electron chi connectivity index (χ0n) is 12.6. The topological polar surface area (TPSA) is 115 Å². The zero-order chi connectivity index (χ0) is 17.8. The first-order chi connectivity index (χ1) is 11.2. The molecule has 6 nitrogen and oxygen atoms in total. The van der Waals surface area contributed by atoms with E-state index in [1.807, 2.05) is 54.6 Å². The molecule has 0 heterocycles. The Labute approximate surface area is 139 Å². The Bertz CT molecular complexity index is 767. The quantitative estimate of drug-likeness (QED) is 0.581. The summed E-state index contributed by atoms with van der Waals surface area (Å²) >= 11 is 0. The van der Waals surface area contributed by atoms with Crippen LogP contribution in [0.2, 0.25) is 0 Å². The van der Waals surface area contributed by atoms with E-state index in [-0.39, 0.29) is 0 Å². The molecule has 0 aliphatic heterocycles. The number of rotatable bonds is 6. The number of hydrogen-bond acceptors (Lipinski definition) is 2. The average Bonchev–Trinajstić information content (AvgIpc) is 2.50. The Kier molecular flexibility index (Phi) is 5.94. The fourth-order valence-electron chi connectivity index (χ4n) is 2.21. The second-order valence-corrected chi connectivity index (χ2v) is 9.30. The minimum Gasteiger partial charge on any atom is -0.324 e. The van der Waals surface area contributed by atoms with Crippen molar-refractivity contribution in [2.45, 2.75) is 11.8 Å². The summed E-state index contributed by atoms with van der Waals surface area (Å²) in [5.41, 5.74) is 2.86. The monoisotopic (exact) mass is 368 g/mol. The molecule has 8 heteroatoms. The molecule has 0 aromatic heterocycles. The van der Waals surface area contributed by atoms with Crippen LogP contribution >= 0.6 is 15.2 Å². The van der Waals surface area contributed by atoms with Crippen LogP contribution in [0.4, 0.5) is 0 Å². The van der Waals surface area contributed by atoms with Crippen LogP contribution in [0, 0.1) is 0 Å². The van der Waals surface area contributed by atoms with Crippen LogP contribution in [0.15, 0.2) is 60.7 Å². The van der Waals surface area contributed by atoms with E-state index in [1.54, 1.807) is 6.08 Å². The first-order valence-corrected chi connectivity index (χ1v) is 10.5. The van der Waals surface area contributed by atoms with E-state index in [0.717, 1.165) is 16.7 Å². The lowest BCUT2D eigenvalue weighted by molar-refractivity contribution is 0.339. The van der Waals surface area contributed by atoms with Gasteiger partial charge in [0.15, 0.2) is 5.40 Å². The Morgan fingerprint density at radius 2 is 1.29 bits per heavy atom. The molecule has 0 aliphatic rings. The maximum Gasteiger partial charge on any atom is 0.341 e. The van der Waals surface area contributed by atoms with Gasteiger partial charge in [0.2, 0.25) is 0 Å². The maximum atomic E-state index is 11.2. The zero-order valence-corrected chi connectivity index (χ0v) is 14.4. The smallest absolute Gasteiger partial charge is 0.324 e. The van der Waals surface area contributed by atoms with Gasteiger partial charge in [-0.2, -0.15) is 0 Å². The second kappa shape index (κ2) is 7.58. The summed E-state index contributed by atoms with van der Waals surface area (Å²) in [6, 6.07) is 17.2. The van der Waals surface area contributed by atoms with E-state index in [0.29, 0.717) is 0 Å². The SMILES string of the molecule is O=P(O)(O)C(CC=Cc1ccc(-c2ccccc2)cc1)P(=O)(O)O. The molecule has 0 spiro atoms. The first kappa shape index (κ1) is 18.8. The molecule has 0 saturated heterocycles. The van der Waals surface area contributed by atoms with E-state index >= 15 is 0 Å². The summed E-state index contributed by atoms with van der Waals surface area (Å²) in [5, 5.41) is -2.01. The molecule has 24 heavy (non-hydrogen) atoms. The minimum absolute atomic E-state index is 0.408. The summed E-state index contributed by atoms with van der Waals surface area (Å²) in [6.07, 6.45) is 2.53. The molecule has 0 aliphatic carbocycles. The Hall–Kier alpha value is -1.52. The van der Waals surface area contributed by atoms with Crippen molar-refractivity contribution in [2.24, 2.45) is 0 Å². The lowest BCUT2D eigenvalue weighted by Gasteiger charge is -2.17. The number of hydrogen-bond donors (Lipinski definition) is 4. The molecule has 2 aromatic carbocycles. The van der Waals surface area contributed by atoms with Crippen LogP contribution in [0.3, 0.4) is 0 Å².